The van der Waals surface area contributed by atoms with E-state index in [1.165, 1.54) is 6.08 Å². The molecule has 0 spiro atoms. The Morgan fingerprint density at radius 3 is 2.33 bits per heavy atom. The van der Waals surface area contributed by atoms with Crippen molar-refractivity contribution in [2.75, 3.05) is 13.2 Å². The van der Waals surface area contributed by atoms with E-state index in [4.69, 9.17) is 21.1 Å². The van der Waals surface area contributed by atoms with Crippen LogP contribution >= 0.6 is 27.5 Å². The molecule has 0 saturated heterocycles. The highest BCUT2D eigenvalue weighted by Crippen LogP contribution is 2.36. The summed E-state index contributed by atoms with van der Waals surface area (Å²) in [4.78, 5) is 36.4. The van der Waals surface area contributed by atoms with Crippen molar-refractivity contribution < 1.29 is 23.9 Å². The van der Waals surface area contributed by atoms with Crippen LogP contribution in [-0.4, -0.2) is 30.7 Å². The smallest absolute Gasteiger partial charge is 0.344 e. The van der Waals surface area contributed by atoms with Crippen LogP contribution in [0.4, 0.5) is 0 Å². The first kappa shape index (κ1) is 19.3. The molecule has 2 aromatic rings. The standard InChI is InChI=1S/C20H14BrClO5/c1-2-26-17(23)10-27-20-15(21)8-11(9-16(20)22)7-14-18(24)12-5-3-4-6-13(12)19(14)25/h3-9H,2,10H2,1H3. The van der Waals surface area contributed by atoms with Gasteiger partial charge in [0.25, 0.3) is 0 Å². The second-order valence-electron chi connectivity index (χ2n) is 5.67. The first-order valence-electron chi connectivity index (χ1n) is 8.10. The average Bonchev–Trinajstić information content (AvgIpc) is 2.87. The molecule has 0 amide bonds. The monoisotopic (exact) mass is 448 g/mol. The Hall–Kier alpha value is -2.44. The van der Waals surface area contributed by atoms with Crippen LogP contribution in [0.3, 0.4) is 0 Å². The number of carbonyl (C=O) groups excluding carboxylic acids is 3. The summed E-state index contributed by atoms with van der Waals surface area (Å²) in [6.45, 7) is 1.68. The predicted molar refractivity (Wildman–Crippen MR) is 104 cm³/mol. The Labute approximate surface area is 169 Å². The number of hydrogen-bond donors (Lipinski definition) is 0. The summed E-state index contributed by atoms with van der Waals surface area (Å²) >= 11 is 9.57. The van der Waals surface area contributed by atoms with E-state index in [9.17, 15) is 14.4 Å². The van der Waals surface area contributed by atoms with E-state index in [-0.39, 0.29) is 41.1 Å². The summed E-state index contributed by atoms with van der Waals surface area (Å²) in [7, 11) is 0. The van der Waals surface area contributed by atoms with E-state index in [1.54, 1.807) is 43.3 Å². The molecule has 0 N–H and O–H groups in total. The fourth-order valence-electron chi connectivity index (χ4n) is 2.70. The Kier molecular flexibility index (Phi) is 5.77. The van der Waals surface area contributed by atoms with E-state index in [0.717, 1.165) is 0 Å². The van der Waals surface area contributed by atoms with Crippen molar-refractivity contribution in [3.05, 3.63) is 68.2 Å². The molecule has 27 heavy (non-hydrogen) atoms. The van der Waals surface area contributed by atoms with Gasteiger partial charge in [0.2, 0.25) is 0 Å². The number of ether oxygens (including phenoxy) is 2. The van der Waals surface area contributed by atoms with Gasteiger partial charge in [-0.3, -0.25) is 9.59 Å². The Morgan fingerprint density at radius 2 is 1.78 bits per heavy atom. The van der Waals surface area contributed by atoms with Gasteiger partial charge in [-0.25, -0.2) is 4.79 Å². The van der Waals surface area contributed by atoms with E-state index >= 15 is 0 Å². The molecular formula is C20H14BrClO5. The van der Waals surface area contributed by atoms with Crippen molar-refractivity contribution >= 4 is 51.1 Å². The zero-order chi connectivity index (χ0) is 19.6. The number of ketones is 2. The molecule has 2 aromatic carbocycles. The zero-order valence-corrected chi connectivity index (χ0v) is 16.6. The second-order valence-corrected chi connectivity index (χ2v) is 6.93. The third-order valence-electron chi connectivity index (χ3n) is 3.88. The van der Waals surface area contributed by atoms with E-state index in [0.29, 0.717) is 21.2 Å². The fourth-order valence-corrected chi connectivity index (χ4v) is 3.69. The minimum absolute atomic E-state index is 0.0827. The van der Waals surface area contributed by atoms with Crippen LogP contribution in [0.5, 0.6) is 5.75 Å². The van der Waals surface area contributed by atoms with E-state index in [2.05, 4.69) is 15.9 Å². The Bertz CT molecular complexity index is 920. The number of halogens is 2. The molecule has 0 radical (unpaired) electrons. The summed E-state index contributed by atoms with van der Waals surface area (Å²) in [5, 5.41) is 0.232. The van der Waals surface area contributed by atoms with Crippen LogP contribution in [0.1, 0.15) is 33.2 Å². The fraction of sp³-hybridized carbons (Fsp3) is 0.150. The lowest BCUT2D eigenvalue weighted by Crippen LogP contribution is -2.15. The molecule has 0 fully saturated rings. The summed E-state index contributed by atoms with van der Waals surface area (Å²) < 4.78 is 10.7. The largest absolute Gasteiger partial charge is 0.479 e. The highest BCUT2D eigenvalue weighted by Gasteiger charge is 2.32. The quantitative estimate of drug-likeness (QED) is 0.382. The normalized spacial score (nSPS) is 12.8. The number of Topliss-reactive ketones (excluding diaryl/α,β-unsaturated/α-hetero) is 2. The number of fused-ring (bicyclic) bond motifs is 1. The summed E-state index contributed by atoms with van der Waals surface area (Å²) in [6, 6.07) is 9.91. The molecule has 0 saturated carbocycles. The number of carbonyl (C=O) groups is 3. The lowest BCUT2D eigenvalue weighted by Gasteiger charge is -2.10. The van der Waals surface area contributed by atoms with Gasteiger partial charge in [0, 0.05) is 11.1 Å². The van der Waals surface area contributed by atoms with Gasteiger partial charge in [-0.15, -0.1) is 0 Å². The average molecular weight is 450 g/mol. The number of hydrogen-bond acceptors (Lipinski definition) is 5. The van der Waals surface area contributed by atoms with Gasteiger partial charge >= 0.3 is 5.97 Å². The minimum Gasteiger partial charge on any atom is -0.479 e. The minimum atomic E-state index is -0.508. The molecule has 7 heteroatoms. The molecule has 0 atom stereocenters. The number of esters is 1. The van der Waals surface area contributed by atoms with Crippen molar-refractivity contribution in [2.45, 2.75) is 6.92 Å². The highest BCUT2D eigenvalue weighted by atomic mass is 79.9. The number of rotatable bonds is 5. The van der Waals surface area contributed by atoms with E-state index < -0.39 is 5.97 Å². The molecule has 1 aliphatic rings. The molecule has 0 unspecified atom stereocenters. The van der Waals surface area contributed by atoms with Crippen molar-refractivity contribution in [2.24, 2.45) is 0 Å². The van der Waals surface area contributed by atoms with Crippen LogP contribution in [0.15, 0.2) is 46.4 Å². The van der Waals surface area contributed by atoms with Gasteiger partial charge in [-0.1, -0.05) is 35.9 Å². The number of benzene rings is 2. The summed E-state index contributed by atoms with van der Waals surface area (Å²) in [5.41, 5.74) is 1.43. The summed E-state index contributed by atoms with van der Waals surface area (Å²) in [5.74, 6) is -0.859. The Morgan fingerprint density at radius 1 is 1.15 bits per heavy atom. The van der Waals surface area contributed by atoms with Crippen LogP contribution in [0.25, 0.3) is 6.08 Å². The lowest BCUT2D eigenvalue weighted by atomic mass is 10.1. The van der Waals surface area contributed by atoms with Gasteiger partial charge < -0.3 is 9.47 Å². The molecule has 0 aliphatic heterocycles. The molecule has 0 bridgehead atoms. The van der Waals surface area contributed by atoms with Gasteiger partial charge in [0.05, 0.1) is 21.7 Å². The molecule has 0 heterocycles. The van der Waals surface area contributed by atoms with Crippen LogP contribution in [0.2, 0.25) is 5.02 Å². The molecule has 138 valence electrons. The van der Waals surface area contributed by atoms with Crippen LogP contribution < -0.4 is 4.74 Å². The van der Waals surface area contributed by atoms with Gasteiger partial charge in [0.15, 0.2) is 23.9 Å². The molecule has 1 aliphatic carbocycles. The third-order valence-corrected chi connectivity index (χ3v) is 4.75. The van der Waals surface area contributed by atoms with Crippen molar-refractivity contribution in [3.8, 4) is 5.75 Å². The zero-order valence-electron chi connectivity index (χ0n) is 14.3. The second kappa shape index (κ2) is 8.06. The van der Waals surface area contributed by atoms with Crippen LogP contribution in [0, 0.1) is 0 Å². The predicted octanol–water partition coefficient (Wildman–Crippen LogP) is 4.51. The summed E-state index contributed by atoms with van der Waals surface area (Å²) in [6.07, 6.45) is 1.50. The van der Waals surface area contributed by atoms with Crippen LogP contribution in [-0.2, 0) is 9.53 Å². The topological polar surface area (TPSA) is 69.7 Å². The molecular weight excluding hydrogens is 436 g/mol. The molecule has 3 rings (SSSR count). The van der Waals surface area contributed by atoms with Gasteiger partial charge in [-0.2, -0.15) is 0 Å². The third kappa shape index (κ3) is 3.96. The highest BCUT2D eigenvalue weighted by molar-refractivity contribution is 9.10. The van der Waals surface area contributed by atoms with Gasteiger partial charge in [-0.05, 0) is 46.6 Å². The molecule has 0 aromatic heterocycles. The first-order valence-corrected chi connectivity index (χ1v) is 9.27. The van der Waals surface area contributed by atoms with Crippen molar-refractivity contribution in [1.29, 1.82) is 0 Å². The Balaban J connectivity index is 1.87. The lowest BCUT2D eigenvalue weighted by molar-refractivity contribution is -0.145. The maximum atomic E-state index is 12.5. The first-order chi connectivity index (χ1) is 12.9. The maximum absolute atomic E-state index is 12.5. The SMILES string of the molecule is CCOC(=O)COc1c(Cl)cc(C=C2C(=O)c3ccccc3C2=O)cc1Br. The van der Waals surface area contributed by atoms with Crippen molar-refractivity contribution in [3.63, 3.8) is 0 Å². The maximum Gasteiger partial charge on any atom is 0.344 e. The van der Waals surface area contributed by atoms with Gasteiger partial charge in [0.1, 0.15) is 0 Å². The van der Waals surface area contributed by atoms with E-state index in [1.807, 2.05) is 0 Å². The molecule has 5 nitrogen and oxygen atoms in total. The van der Waals surface area contributed by atoms with Crippen molar-refractivity contribution in [1.82, 2.24) is 0 Å². The number of allylic oxidation sites excluding steroid dienone is 1.